The molecule has 0 radical (unpaired) electrons. The Kier molecular flexibility index (Phi) is 3.52. The second-order valence-corrected chi connectivity index (χ2v) is 6.08. The second kappa shape index (κ2) is 5.19. The lowest BCUT2D eigenvalue weighted by molar-refractivity contribution is 0.203. The van der Waals surface area contributed by atoms with Gasteiger partial charge in [-0.2, -0.15) is 4.98 Å². The van der Waals surface area contributed by atoms with E-state index in [9.17, 15) is 0 Å². The molecule has 1 aromatic carbocycles. The van der Waals surface area contributed by atoms with Gasteiger partial charge < -0.3 is 10.3 Å². The monoisotopic (exact) mass is 291 g/mol. The average molecular weight is 292 g/mol. The molecule has 2 N–H and O–H groups in total. The van der Waals surface area contributed by atoms with Crippen molar-refractivity contribution in [1.82, 2.24) is 10.1 Å². The summed E-state index contributed by atoms with van der Waals surface area (Å²) in [5, 5.41) is 4.70. The number of aromatic nitrogens is 2. The third kappa shape index (κ3) is 2.23. The predicted molar refractivity (Wildman–Crippen MR) is 78.5 cm³/mol. The van der Waals surface area contributed by atoms with E-state index in [2.05, 4.69) is 17.1 Å². The first-order valence-corrected chi connectivity index (χ1v) is 7.34. The Balaban J connectivity index is 1.96. The van der Waals surface area contributed by atoms with Gasteiger partial charge in [0.2, 0.25) is 11.7 Å². The van der Waals surface area contributed by atoms with Crippen molar-refractivity contribution < 1.29 is 4.52 Å². The summed E-state index contributed by atoms with van der Waals surface area (Å²) < 4.78 is 5.49. The summed E-state index contributed by atoms with van der Waals surface area (Å²) in [6, 6.07) is 7.56. The second-order valence-electron chi connectivity index (χ2n) is 5.67. The van der Waals surface area contributed by atoms with Gasteiger partial charge in [-0.15, -0.1) is 0 Å². The predicted octanol–water partition coefficient (Wildman–Crippen LogP) is 3.55. The molecule has 0 saturated heterocycles. The van der Waals surface area contributed by atoms with E-state index in [0.717, 1.165) is 24.8 Å². The molecule has 0 bridgehead atoms. The summed E-state index contributed by atoms with van der Waals surface area (Å²) in [5.74, 6) is 1.16. The first kappa shape index (κ1) is 13.6. The molecule has 1 aliphatic carbocycles. The molecule has 0 amide bonds. The number of rotatable bonds is 2. The molecule has 4 nitrogen and oxygen atoms in total. The van der Waals surface area contributed by atoms with Crippen molar-refractivity contribution in [3.8, 4) is 11.4 Å². The lowest BCUT2D eigenvalue weighted by Crippen LogP contribution is -2.45. The van der Waals surface area contributed by atoms with Gasteiger partial charge in [0, 0.05) is 11.6 Å². The normalized spacial score (nSPS) is 26.6. The maximum absolute atomic E-state index is 6.27. The average Bonchev–Trinajstić information content (AvgIpc) is 2.93. The largest absolute Gasteiger partial charge is 0.338 e. The van der Waals surface area contributed by atoms with Crippen LogP contribution < -0.4 is 5.73 Å². The lowest BCUT2D eigenvalue weighted by Gasteiger charge is -2.35. The van der Waals surface area contributed by atoms with Gasteiger partial charge in [0.15, 0.2) is 0 Å². The molecule has 20 heavy (non-hydrogen) atoms. The van der Waals surface area contributed by atoms with Gasteiger partial charge >= 0.3 is 0 Å². The molecule has 5 heteroatoms. The molecule has 1 heterocycles. The van der Waals surface area contributed by atoms with Gasteiger partial charge in [-0.05, 0) is 31.9 Å². The Hall–Kier alpha value is -1.39. The van der Waals surface area contributed by atoms with Crippen molar-refractivity contribution in [1.29, 1.82) is 0 Å². The third-order valence-corrected chi connectivity index (χ3v) is 4.64. The van der Waals surface area contributed by atoms with E-state index in [1.54, 1.807) is 0 Å². The van der Waals surface area contributed by atoms with Crippen molar-refractivity contribution in [2.45, 2.75) is 44.1 Å². The van der Waals surface area contributed by atoms with Crippen LogP contribution in [0.3, 0.4) is 0 Å². The molecule has 2 aromatic rings. The summed E-state index contributed by atoms with van der Waals surface area (Å²) in [6.45, 7) is 2.11. The summed E-state index contributed by atoms with van der Waals surface area (Å²) in [6.07, 6.45) is 4.30. The highest BCUT2D eigenvalue weighted by atomic mass is 35.5. The van der Waals surface area contributed by atoms with Crippen molar-refractivity contribution in [3.05, 3.63) is 35.2 Å². The van der Waals surface area contributed by atoms with E-state index in [4.69, 9.17) is 21.9 Å². The van der Waals surface area contributed by atoms with Gasteiger partial charge in [0.25, 0.3) is 0 Å². The van der Waals surface area contributed by atoms with Crippen LogP contribution in [0, 0.1) is 0 Å². The zero-order chi connectivity index (χ0) is 14.2. The SMILES string of the molecule is CC1(c2nc(-c3ccccc3Cl)no2)CCCCC1N. The Morgan fingerprint density at radius 1 is 1.35 bits per heavy atom. The number of halogens is 1. The van der Waals surface area contributed by atoms with Crippen molar-refractivity contribution in [2.24, 2.45) is 5.73 Å². The molecule has 1 aromatic heterocycles. The van der Waals surface area contributed by atoms with Gasteiger partial charge in [0.1, 0.15) is 0 Å². The maximum Gasteiger partial charge on any atom is 0.234 e. The van der Waals surface area contributed by atoms with Crippen molar-refractivity contribution >= 4 is 11.6 Å². The van der Waals surface area contributed by atoms with Crippen LogP contribution in [0.25, 0.3) is 11.4 Å². The molecule has 106 valence electrons. The standard InChI is InChI=1S/C15H18ClN3O/c1-15(9-5-4-8-12(15)17)14-18-13(19-20-14)10-6-2-3-7-11(10)16/h2-3,6-7,12H,4-5,8-9,17H2,1H3. The minimum absolute atomic E-state index is 0.0656. The zero-order valence-electron chi connectivity index (χ0n) is 11.5. The lowest BCUT2D eigenvalue weighted by atomic mass is 9.72. The zero-order valence-corrected chi connectivity index (χ0v) is 12.2. The van der Waals surface area contributed by atoms with E-state index >= 15 is 0 Å². The van der Waals surface area contributed by atoms with Crippen LogP contribution in [-0.2, 0) is 5.41 Å². The smallest absolute Gasteiger partial charge is 0.234 e. The Bertz CT molecular complexity index is 613. The minimum atomic E-state index is -0.231. The Morgan fingerprint density at radius 3 is 2.90 bits per heavy atom. The first-order chi connectivity index (χ1) is 9.61. The van der Waals surface area contributed by atoms with Crippen LogP contribution in [0.4, 0.5) is 0 Å². The van der Waals surface area contributed by atoms with E-state index in [1.807, 2.05) is 24.3 Å². The van der Waals surface area contributed by atoms with Crippen LogP contribution in [0.15, 0.2) is 28.8 Å². The van der Waals surface area contributed by atoms with E-state index in [0.29, 0.717) is 16.7 Å². The maximum atomic E-state index is 6.27. The summed E-state index contributed by atoms with van der Waals surface area (Å²) in [4.78, 5) is 4.54. The molecular formula is C15H18ClN3O. The fraction of sp³-hybridized carbons (Fsp3) is 0.467. The van der Waals surface area contributed by atoms with Crippen LogP contribution >= 0.6 is 11.6 Å². The number of nitrogens with two attached hydrogens (primary N) is 1. The van der Waals surface area contributed by atoms with Crippen molar-refractivity contribution in [3.63, 3.8) is 0 Å². The topological polar surface area (TPSA) is 64.9 Å². The Labute approximate surface area is 123 Å². The van der Waals surface area contributed by atoms with Gasteiger partial charge in [-0.3, -0.25) is 0 Å². The van der Waals surface area contributed by atoms with Crippen LogP contribution in [0.2, 0.25) is 5.02 Å². The summed E-state index contributed by atoms with van der Waals surface area (Å²) in [7, 11) is 0. The van der Waals surface area contributed by atoms with Crippen molar-refractivity contribution in [2.75, 3.05) is 0 Å². The molecule has 0 aliphatic heterocycles. The molecule has 1 saturated carbocycles. The summed E-state index contributed by atoms with van der Waals surface area (Å²) in [5.41, 5.74) is 6.83. The molecule has 2 unspecified atom stereocenters. The molecule has 1 fully saturated rings. The number of benzene rings is 1. The molecule has 0 spiro atoms. The van der Waals surface area contributed by atoms with Gasteiger partial charge in [0.05, 0.1) is 10.4 Å². The minimum Gasteiger partial charge on any atom is -0.338 e. The third-order valence-electron chi connectivity index (χ3n) is 4.31. The van der Waals surface area contributed by atoms with Crippen LogP contribution in [0.1, 0.15) is 38.5 Å². The van der Waals surface area contributed by atoms with Crippen LogP contribution in [0.5, 0.6) is 0 Å². The number of hydrogen-bond acceptors (Lipinski definition) is 4. The van der Waals surface area contributed by atoms with E-state index in [1.165, 1.54) is 6.42 Å². The highest BCUT2D eigenvalue weighted by Crippen LogP contribution is 2.38. The first-order valence-electron chi connectivity index (χ1n) is 6.96. The molecule has 2 atom stereocenters. The van der Waals surface area contributed by atoms with Gasteiger partial charge in [-0.25, -0.2) is 0 Å². The van der Waals surface area contributed by atoms with E-state index < -0.39 is 0 Å². The summed E-state index contributed by atoms with van der Waals surface area (Å²) >= 11 is 6.17. The highest BCUT2D eigenvalue weighted by molar-refractivity contribution is 6.33. The number of nitrogens with zero attached hydrogens (tertiary/aromatic N) is 2. The van der Waals surface area contributed by atoms with E-state index in [-0.39, 0.29) is 11.5 Å². The quantitative estimate of drug-likeness (QED) is 0.919. The molecule has 1 aliphatic rings. The Morgan fingerprint density at radius 2 is 2.15 bits per heavy atom. The molecule has 3 rings (SSSR count). The fourth-order valence-corrected chi connectivity index (χ4v) is 3.05. The van der Waals surface area contributed by atoms with Gasteiger partial charge in [-0.1, -0.05) is 41.7 Å². The highest BCUT2D eigenvalue weighted by Gasteiger charge is 2.40. The number of hydrogen-bond donors (Lipinski definition) is 1. The van der Waals surface area contributed by atoms with Crippen LogP contribution in [-0.4, -0.2) is 16.2 Å². The molecular weight excluding hydrogens is 274 g/mol. The fourth-order valence-electron chi connectivity index (χ4n) is 2.83.